The van der Waals surface area contributed by atoms with Crippen LogP contribution in [0, 0.1) is 5.82 Å². The molecule has 0 aliphatic heterocycles. The highest BCUT2D eigenvalue weighted by Crippen LogP contribution is 2.27. The van der Waals surface area contributed by atoms with Gasteiger partial charge < -0.3 is 10.6 Å². The molecule has 7 heteroatoms. The number of carbonyl (C=O) groups is 1. The first-order valence-electron chi connectivity index (χ1n) is 7.71. The summed E-state index contributed by atoms with van der Waals surface area (Å²) in [5.41, 5.74) is 2.09. The Kier molecular flexibility index (Phi) is 5.71. The number of rotatable bonds is 5. The molecule has 1 heterocycles. The molecule has 3 aromatic rings. The number of carbonyl (C=O) groups excluding carboxylic acids is 1. The molecular formula is C19H14Cl2FN3O. The average Bonchev–Trinajstić information content (AvgIpc) is 2.64. The van der Waals surface area contributed by atoms with Gasteiger partial charge in [-0.25, -0.2) is 4.39 Å². The molecular weight excluding hydrogens is 376 g/mol. The van der Waals surface area contributed by atoms with E-state index in [4.69, 9.17) is 23.2 Å². The first kappa shape index (κ1) is 18.2. The molecule has 0 fully saturated rings. The summed E-state index contributed by atoms with van der Waals surface area (Å²) in [6, 6.07) is 13.0. The van der Waals surface area contributed by atoms with E-state index >= 15 is 0 Å². The van der Waals surface area contributed by atoms with Gasteiger partial charge in [0.25, 0.3) is 5.91 Å². The van der Waals surface area contributed by atoms with Crippen LogP contribution in [-0.4, -0.2) is 10.9 Å². The first-order chi connectivity index (χ1) is 12.5. The van der Waals surface area contributed by atoms with Crippen LogP contribution in [0.2, 0.25) is 10.0 Å². The molecule has 2 N–H and O–H groups in total. The fraction of sp³-hybridized carbons (Fsp3) is 0.0526. The maximum absolute atomic E-state index is 13.6. The van der Waals surface area contributed by atoms with Gasteiger partial charge in [0.1, 0.15) is 5.82 Å². The van der Waals surface area contributed by atoms with Gasteiger partial charge in [-0.15, -0.1) is 0 Å². The van der Waals surface area contributed by atoms with Gasteiger partial charge in [-0.05, 0) is 30.3 Å². The summed E-state index contributed by atoms with van der Waals surface area (Å²) < 4.78 is 13.6. The minimum absolute atomic E-state index is 0.0932. The Morgan fingerprint density at radius 3 is 2.58 bits per heavy atom. The molecule has 0 bridgehead atoms. The summed E-state index contributed by atoms with van der Waals surface area (Å²) in [7, 11) is 0. The zero-order chi connectivity index (χ0) is 18.5. The molecule has 0 aliphatic rings. The van der Waals surface area contributed by atoms with Crippen LogP contribution in [-0.2, 0) is 6.54 Å². The van der Waals surface area contributed by atoms with Crippen molar-refractivity contribution in [3.63, 3.8) is 0 Å². The number of hydrogen-bond acceptors (Lipinski definition) is 3. The zero-order valence-electron chi connectivity index (χ0n) is 13.5. The van der Waals surface area contributed by atoms with Crippen LogP contribution in [0.25, 0.3) is 0 Å². The molecule has 4 nitrogen and oxygen atoms in total. The monoisotopic (exact) mass is 389 g/mol. The Morgan fingerprint density at radius 1 is 1.00 bits per heavy atom. The number of nitrogens with zero attached hydrogens (tertiary/aromatic N) is 1. The van der Waals surface area contributed by atoms with Gasteiger partial charge in [0, 0.05) is 24.0 Å². The number of benzene rings is 2. The van der Waals surface area contributed by atoms with Crippen LogP contribution in [0.3, 0.4) is 0 Å². The van der Waals surface area contributed by atoms with Crippen LogP contribution in [0.5, 0.6) is 0 Å². The second-order valence-electron chi connectivity index (χ2n) is 5.49. The van der Waals surface area contributed by atoms with Crippen molar-refractivity contribution >= 4 is 40.5 Å². The number of pyridine rings is 1. The van der Waals surface area contributed by atoms with Crippen molar-refractivity contribution < 1.29 is 9.18 Å². The minimum Gasteiger partial charge on any atom is -0.354 e. The quantitative estimate of drug-likeness (QED) is 0.630. The molecule has 1 aromatic heterocycles. The second-order valence-corrected chi connectivity index (χ2v) is 6.30. The molecule has 0 aliphatic carbocycles. The summed E-state index contributed by atoms with van der Waals surface area (Å²) in [5, 5.41) is 6.66. The third-order valence-electron chi connectivity index (χ3n) is 3.61. The third kappa shape index (κ3) is 4.50. The van der Waals surface area contributed by atoms with E-state index < -0.39 is 0 Å². The number of halogens is 3. The highest BCUT2D eigenvalue weighted by Gasteiger charge is 2.09. The standard InChI is InChI=1S/C19H14Cl2FN3O/c20-16-6-5-14(8-17(16)21)25-15-7-13(9-23-11-15)19(26)24-10-12-3-1-2-4-18(12)22/h1-9,11,25H,10H2,(H,24,26). The summed E-state index contributed by atoms with van der Waals surface area (Å²) in [4.78, 5) is 16.4. The maximum Gasteiger partial charge on any atom is 0.253 e. The normalized spacial score (nSPS) is 10.4. The van der Waals surface area contributed by atoms with Crippen molar-refractivity contribution in [3.05, 3.63) is 87.9 Å². The van der Waals surface area contributed by atoms with E-state index in [9.17, 15) is 9.18 Å². The van der Waals surface area contributed by atoms with E-state index in [2.05, 4.69) is 15.6 Å². The van der Waals surface area contributed by atoms with Gasteiger partial charge in [0.15, 0.2) is 0 Å². The van der Waals surface area contributed by atoms with Crippen molar-refractivity contribution in [3.8, 4) is 0 Å². The van der Waals surface area contributed by atoms with E-state index in [1.54, 1.807) is 48.7 Å². The van der Waals surface area contributed by atoms with Gasteiger partial charge >= 0.3 is 0 Å². The number of aromatic nitrogens is 1. The summed E-state index contributed by atoms with van der Waals surface area (Å²) >= 11 is 11.9. The minimum atomic E-state index is -0.360. The lowest BCUT2D eigenvalue weighted by molar-refractivity contribution is 0.0950. The predicted molar refractivity (Wildman–Crippen MR) is 102 cm³/mol. The molecule has 3 rings (SSSR count). The number of hydrogen-bond donors (Lipinski definition) is 2. The Labute approximate surface area is 160 Å². The molecule has 0 unspecified atom stereocenters. The van der Waals surface area contributed by atoms with Crippen molar-refractivity contribution in [2.24, 2.45) is 0 Å². The lowest BCUT2D eigenvalue weighted by Gasteiger charge is -2.10. The topological polar surface area (TPSA) is 54.0 Å². The smallest absolute Gasteiger partial charge is 0.253 e. The molecule has 1 amide bonds. The van der Waals surface area contributed by atoms with Crippen molar-refractivity contribution in [1.82, 2.24) is 10.3 Å². The molecule has 132 valence electrons. The van der Waals surface area contributed by atoms with Crippen LogP contribution in [0.1, 0.15) is 15.9 Å². The molecule has 0 spiro atoms. The molecule has 0 atom stereocenters. The average molecular weight is 390 g/mol. The van der Waals surface area contributed by atoms with Gasteiger partial charge in [-0.1, -0.05) is 41.4 Å². The lowest BCUT2D eigenvalue weighted by Crippen LogP contribution is -2.23. The van der Waals surface area contributed by atoms with Crippen molar-refractivity contribution in [2.75, 3.05) is 5.32 Å². The molecule has 2 aromatic carbocycles. The Hall–Kier alpha value is -2.63. The first-order valence-corrected chi connectivity index (χ1v) is 8.47. The Morgan fingerprint density at radius 2 is 1.81 bits per heavy atom. The van der Waals surface area contributed by atoms with E-state index in [-0.39, 0.29) is 18.3 Å². The number of amides is 1. The zero-order valence-corrected chi connectivity index (χ0v) is 15.0. The van der Waals surface area contributed by atoms with Crippen molar-refractivity contribution in [1.29, 1.82) is 0 Å². The predicted octanol–water partition coefficient (Wildman–Crippen LogP) is 5.20. The Bertz CT molecular complexity index is 950. The number of nitrogens with one attached hydrogen (secondary N) is 2. The SMILES string of the molecule is O=C(NCc1ccccc1F)c1cncc(Nc2ccc(Cl)c(Cl)c2)c1. The molecule has 0 saturated carbocycles. The number of anilines is 2. The Balaban J connectivity index is 1.69. The van der Waals surface area contributed by atoms with Gasteiger partial charge in [0.05, 0.1) is 27.5 Å². The molecule has 26 heavy (non-hydrogen) atoms. The highest BCUT2D eigenvalue weighted by molar-refractivity contribution is 6.42. The summed E-state index contributed by atoms with van der Waals surface area (Å²) in [6.45, 7) is 0.0932. The van der Waals surface area contributed by atoms with E-state index in [0.717, 1.165) is 0 Å². The van der Waals surface area contributed by atoms with E-state index in [1.807, 2.05) is 0 Å². The van der Waals surface area contributed by atoms with Gasteiger partial charge in [-0.2, -0.15) is 0 Å². The maximum atomic E-state index is 13.6. The van der Waals surface area contributed by atoms with Crippen molar-refractivity contribution in [2.45, 2.75) is 6.54 Å². The van der Waals surface area contributed by atoms with Crippen LogP contribution in [0.4, 0.5) is 15.8 Å². The van der Waals surface area contributed by atoms with Gasteiger partial charge in [-0.3, -0.25) is 9.78 Å². The summed E-state index contributed by atoms with van der Waals surface area (Å²) in [5.74, 6) is -0.709. The fourth-order valence-corrected chi connectivity index (χ4v) is 2.59. The van der Waals surface area contributed by atoms with Crippen LogP contribution < -0.4 is 10.6 Å². The van der Waals surface area contributed by atoms with E-state index in [1.165, 1.54) is 12.3 Å². The fourth-order valence-electron chi connectivity index (χ4n) is 2.29. The van der Waals surface area contributed by atoms with Gasteiger partial charge in [0.2, 0.25) is 0 Å². The van der Waals surface area contributed by atoms with E-state index in [0.29, 0.717) is 32.5 Å². The highest BCUT2D eigenvalue weighted by atomic mass is 35.5. The molecule has 0 radical (unpaired) electrons. The lowest BCUT2D eigenvalue weighted by atomic mass is 10.2. The second kappa shape index (κ2) is 8.17. The van der Waals surface area contributed by atoms with Crippen LogP contribution >= 0.6 is 23.2 Å². The third-order valence-corrected chi connectivity index (χ3v) is 4.34. The summed E-state index contributed by atoms with van der Waals surface area (Å²) in [6.07, 6.45) is 3.02. The largest absolute Gasteiger partial charge is 0.354 e. The van der Waals surface area contributed by atoms with Crippen LogP contribution in [0.15, 0.2) is 60.9 Å². The molecule has 0 saturated heterocycles.